The highest BCUT2D eigenvalue weighted by atomic mass is 16.5. The van der Waals surface area contributed by atoms with Gasteiger partial charge in [-0.1, -0.05) is 13.8 Å². The molecule has 0 saturated heterocycles. The van der Waals surface area contributed by atoms with Crippen LogP contribution in [0.2, 0.25) is 0 Å². The monoisotopic (exact) mass is 255 g/mol. The number of carboxylic acids is 1. The fourth-order valence-electron chi connectivity index (χ4n) is 1.45. The molecular weight excluding hydrogens is 234 g/mol. The van der Waals surface area contributed by atoms with E-state index in [9.17, 15) is 9.90 Å². The number of aromatic nitrogens is 2. The second-order valence-corrected chi connectivity index (χ2v) is 5.06. The van der Waals surface area contributed by atoms with Gasteiger partial charge in [-0.3, -0.25) is 4.79 Å². The maximum Gasteiger partial charge on any atom is 0.310 e. The van der Waals surface area contributed by atoms with Crippen molar-refractivity contribution in [1.29, 1.82) is 0 Å². The van der Waals surface area contributed by atoms with E-state index >= 15 is 0 Å². The number of aliphatic carboxylic acids is 1. The van der Waals surface area contributed by atoms with Gasteiger partial charge in [0.25, 0.3) is 5.95 Å². The lowest BCUT2D eigenvalue weighted by molar-refractivity contribution is -0.150. The number of nitrogens with zero attached hydrogens (tertiary/aromatic N) is 3. The molecule has 0 aliphatic carbocycles. The standard InChI is InChI=1S/C12H21N3O3/c1-6-15(5)11-13-9(18-14-11)7-12(4,8(2)3)10(16)17/h8H,6-7H2,1-5H3,(H,16,17). The van der Waals surface area contributed by atoms with Crippen molar-refractivity contribution in [2.75, 3.05) is 18.5 Å². The first-order valence-electron chi connectivity index (χ1n) is 6.08. The van der Waals surface area contributed by atoms with Crippen molar-refractivity contribution in [2.45, 2.75) is 34.1 Å². The topological polar surface area (TPSA) is 79.5 Å². The number of anilines is 1. The van der Waals surface area contributed by atoms with Crippen LogP contribution in [0.15, 0.2) is 4.52 Å². The molecular formula is C12H21N3O3. The van der Waals surface area contributed by atoms with E-state index in [1.807, 2.05) is 32.7 Å². The molecule has 18 heavy (non-hydrogen) atoms. The highest BCUT2D eigenvalue weighted by Crippen LogP contribution is 2.31. The Bertz CT molecular complexity index is 416. The number of carbonyl (C=O) groups is 1. The maximum absolute atomic E-state index is 11.4. The summed E-state index contributed by atoms with van der Waals surface area (Å²) in [5, 5.41) is 13.2. The Hall–Kier alpha value is -1.59. The smallest absolute Gasteiger partial charge is 0.310 e. The number of hydrogen-bond donors (Lipinski definition) is 1. The van der Waals surface area contributed by atoms with Gasteiger partial charge in [0.1, 0.15) is 0 Å². The lowest BCUT2D eigenvalue weighted by atomic mass is 9.76. The van der Waals surface area contributed by atoms with Crippen molar-refractivity contribution in [2.24, 2.45) is 11.3 Å². The molecule has 102 valence electrons. The molecule has 1 unspecified atom stereocenters. The van der Waals surface area contributed by atoms with Crippen LogP contribution in [0.4, 0.5) is 5.95 Å². The molecule has 0 amide bonds. The predicted molar refractivity (Wildman–Crippen MR) is 67.5 cm³/mol. The minimum atomic E-state index is -0.894. The van der Waals surface area contributed by atoms with E-state index in [1.54, 1.807) is 6.92 Å². The molecule has 6 heteroatoms. The van der Waals surface area contributed by atoms with Crippen LogP contribution >= 0.6 is 0 Å². The van der Waals surface area contributed by atoms with Crippen molar-refractivity contribution >= 4 is 11.9 Å². The van der Waals surface area contributed by atoms with E-state index in [4.69, 9.17) is 4.52 Å². The first-order chi connectivity index (χ1) is 8.31. The van der Waals surface area contributed by atoms with E-state index in [-0.39, 0.29) is 12.3 Å². The minimum absolute atomic E-state index is 0.0192. The summed E-state index contributed by atoms with van der Waals surface area (Å²) in [4.78, 5) is 17.4. The van der Waals surface area contributed by atoms with Crippen molar-refractivity contribution in [3.8, 4) is 0 Å². The number of carboxylic acid groups (broad SMARTS) is 1. The van der Waals surface area contributed by atoms with Crippen LogP contribution in [0.25, 0.3) is 0 Å². The first-order valence-corrected chi connectivity index (χ1v) is 6.08. The van der Waals surface area contributed by atoms with E-state index in [2.05, 4.69) is 10.1 Å². The van der Waals surface area contributed by atoms with Gasteiger partial charge in [0.2, 0.25) is 5.89 Å². The molecule has 1 heterocycles. The maximum atomic E-state index is 11.4. The van der Waals surface area contributed by atoms with Gasteiger partial charge in [0, 0.05) is 20.0 Å². The van der Waals surface area contributed by atoms with Gasteiger partial charge in [-0.05, 0) is 24.9 Å². The third kappa shape index (κ3) is 2.80. The van der Waals surface area contributed by atoms with Crippen molar-refractivity contribution in [3.63, 3.8) is 0 Å². The summed E-state index contributed by atoms with van der Waals surface area (Å²) < 4.78 is 5.12. The van der Waals surface area contributed by atoms with E-state index in [0.717, 1.165) is 6.54 Å². The zero-order chi connectivity index (χ0) is 13.9. The second-order valence-electron chi connectivity index (χ2n) is 5.06. The fraction of sp³-hybridized carbons (Fsp3) is 0.750. The van der Waals surface area contributed by atoms with Gasteiger partial charge < -0.3 is 14.5 Å². The Morgan fingerprint density at radius 1 is 1.56 bits per heavy atom. The van der Waals surface area contributed by atoms with Gasteiger partial charge in [0.05, 0.1) is 5.41 Å². The average molecular weight is 255 g/mol. The molecule has 0 spiro atoms. The normalized spacial score (nSPS) is 14.6. The summed E-state index contributed by atoms with van der Waals surface area (Å²) in [6.45, 7) is 8.20. The van der Waals surface area contributed by atoms with Crippen LogP contribution in [-0.2, 0) is 11.2 Å². The molecule has 1 atom stereocenters. The molecule has 6 nitrogen and oxygen atoms in total. The Kier molecular flexibility index (Phi) is 4.32. The highest BCUT2D eigenvalue weighted by Gasteiger charge is 2.38. The number of hydrogen-bond acceptors (Lipinski definition) is 5. The van der Waals surface area contributed by atoms with Crippen LogP contribution < -0.4 is 4.90 Å². The molecule has 0 aromatic carbocycles. The van der Waals surface area contributed by atoms with Crippen LogP contribution in [0, 0.1) is 11.3 Å². The number of rotatable bonds is 6. The summed E-state index contributed by atoms with van der Waals surface area (Å²) in [7, 11) is 1.85. The Balaban J connectivity index is 2.89. The molecule has 0 aliphatic rings. The molecule has 0 saturated carbocycles. The predicted octanol–water partition coefficient (Wildman–Crippen LogP) is 1.82. The summed E-state index contributed by atoms with van der Waals surface area (Å²) in [5.74, 6) is -0.0109. The SMILES string of the molecule is CCN(C)c1noc(CC(C)(C(=O)O)C(C)C)n1. The third-order valence-electron chi connectivity index (χ3n) is 3.55. The van der Waals surface area contributed by atoms with E-state index in [1.165, 1.54) is 0 Å². The van der Waals surface area contributed by atoms with Gasteiger partial charge >= 0.3 is 5.97 Å². The van der Waals surface area contributed by atoms with Crippen molar-refractivity contribution in [1.82, 2.24) is 10.1 Å². The van der Waals surface area contributed by atoms with Crippen LogP contribution in [0.5, 0.6) is 0 Å². The molecule has 1 rings (SSSR count). The molecule has 0 radical (unpaired) electrons. The largest absolute Gasteiger partial charge is 0.481 e. The highest BCUT2D eigenvalue weighted by molar-refractivity contribution is 5.74. The third-order valence-corrected chi connectivity index (χ3v) is 3.55. The Labute approximate surface area is 107 Å². The van der Waals surface area contributed by atoms with Gasteiger partial charge in [0.15, 0.2) is 0 Å². The molecule has 0 aliphatic heterocycles. The Morgan fingerprint density at radius 2 is 2.17 bits per heavy atom. The summed E-state index contributed by atoms with van der Waals surface area (Å²) >= 11 is 0. The molecule has 1 aromatic rings. The average Bonchev–Trinajstić information content (AvgIpc) is 2.75. The lowest BCUT2D eigenvalue weighted by Gasteiger charge is -2.27. The quantitative estimate of drug-likeness (QED) is 0.835. The Morgan fingerprint density at radius 3 is 2.61 bits per heavy atom. The van der Waals surface area contributed by atoms with Gasteiger partial charge in [-0.2, -0.15) is 4.98 Å². The van der Waals surface area contributed by atoms with Gasteiger partial charge in [-0.25, -0.2) is 0 Å². The summed E-state index contributed by atoms with van der Waals surface area (Å²) in [6.07, 6.45) is 0.241. The van der Waals surface area contributed by atoms with Gasteiger partial charge in [-0.15, -0.1) is 0 Å². The van der Waals surface area contributed by atoms with Crippen LogP contribution in [-0.4, -0.2) is 34.8 Å². The van der Waals surface area contributed by atoms with E-state index < -0.39 is 11.4 Å². The second kappa shape index (κ2) is 5.37. The fourth-order valence-corrected chi connectivity index (χ4v) is 1.45. The van der Waals surface area contributed by atoms with Crippen LogP contribution in [0.3, 0.4) is 0 Å². The van der Waals surface area contributed by atoms with Crippen LogP contribution in [0.1, 0.15) is 33.6 Å². The molecule has 1 aromatic heterocycles. The van der Waals surface area contributed by atoms with E-state index in [0.29, 0.717) is 11.8 Å². The van der Waals surface area contributed by atoms with Crippen molar-refractivity contribution in [3.05, 3.63) is 5.89 Å². The van der Waals surface area contributed by atoms with Crippen molar-refractivity contribution < 1.29 is 14.4 Å². The molecule has 0 bridgehead atoms. The zero-order valence-electron chi connectivity index (χ0n) is 11.6. The summed E-state index contributed by atoms with van der Waals surface area (Å²) in [6, 6.07) is 0. The molecule has 1 N–H and O–H groups in total. The minimum Gasteiger partial charge on any atom is -0.481 e. The molecule has 0 fully saturated rings. The first kappa shape index (κ1) is 14.5. The summed E-state index contributed by atoms with van der Waals surface area (Å²) in [5.41, 5.74) is -0.894. The lowest BCUT2D eigenvalue weighted by Crippen LogP contribution is -2.35. The zero-order valence-corrected chi connectivity index (χ0v) is 11.6.